The van der Waals surface area contributed by atoms with E-state index in [9.17, 15) is 9.18 Å². The smallest absolute Gasteiger partial charge is 0.266 e. The fourth-order valence-corrected chi connectivity index (χ4v) is 4.80. The number of nitrogens with zero attached hydrogens (tertiary/aromatic N) is 2. The summed E-state index contributed by atoms with van der Waals surface area (Å²) in [4.78, 5) is 20.3. The van der Waals surface area contributed by atoms with Crippen LogP contribution in [0.5, 0.6) is 11.5 Å². The van der Waals surface area contributed by atoms with Gasteiger partial charge in [-0.3, -0.25) is 9.69 Å². The first kappa shape index (κ1) is 26.8. The third kappa shape index (κ3) is 6.93. The maximum absolute atomic E-state index is 14.0. The van der Waals surface area contributed by atoms with Crippen molar-refractivity contribution in [2.24, 2.45) is 10.9 Å². The Hall–Kier alpha value is -3.29. The fourth-order valence-electron chi connectivity index (χ4n) is 3.67. The molecule has 1 aliphatic rings. The lowest BCUT2D eigenvalue weighted by molar-refractivity contribution is -0.122. The Morgan fingerprint density at radius 2 is 1.81 bits per heavy atom. The molecule has 0 radical (unpaired) electrons. The monoisotopic (exact) mass is 538 g/mol. The quantitative estimate of drug-likeness (QED) is 0.262. The van der Waals surface area contributed by atoms with Gasteiger partial charge in [0.15, 0.2) is 16.7 Å². The van der Waals surface area contributed by atoms with Crippen molar-refractivity contribution in [2.75, 3.05) is 13.2 Å². The second kappa shape index (κ2) is 12.3. The summed E-state index contributed by atoms with van der Waals surface area (Å²) in [6.07, 6.45) is 1.83. The van der Waals surface area contributed by atoms with Gasteiger partial charge in [-0.15, -0.1) is 0 Å². The largest absolute Gasteiger partial charge is 0.490 e. The van der Waals surface area contributed by atoms with E-state index in [1.54, 1.807) is 41.3 Å². The molecule has 0 bridgehead atoms. The Bertz CT molecular complexity index is 1320. The first-order valence-electron chi connectivity index (χ1n) is 12.0. The van der Waals surface area contributed by atoms with Gasteiger partial charge in [0.1, 0.15) is 12.4 Å². The number of benzene rings is 3. The molecule has 1 heterocycles. The van der Waals surface area contributed by atoms with E-state index in [1.165, 1.54) is 17.8 Å². The minimum atomic E-state index is -0.319. The van der Waals surface area contributed by atoms with Crippen LogP contribution in [0.1, 0.15) is 31.9 Å². The van der Waals surface area contributed by atoms with Crippen molar-refractivity contribution in [1.29, 1.82) is 0 Å². The summed E-state index contributed by atoms with van der Waals surface area (Å²) in [7, 11) is 0. The van der Waals surface area contributed by atoms with Crippen LogP contribution in [0.15, 0.2) is 76.6 Å². The molecule has 8 heteroatoms. The molecule has 37 heavy (non-hydrogen) atoms. The highest BCUT2D eigenvalue weighted by molar-refractivity contribution is 8.18. The minimum Gasteiger partial charge on any atom is -0.490 e. The summed E-state index contributed by atoms with van der Waals surface area (Å²) in [6.45, 7) is 7.08. The molecule has 1 amide bonds. The summed E-state index contributed by atoms with van der Waals surface area (Å²) in [5, 5.41) is 1.26. The van der Waals surface area contributed by atoms with E-state index in [2.05, 4.69) is 13.8 Å². The lowest BCUT2D eigenvalue weighted by Crippen LogP contribution is -2.32. The average Bonchev–Trinajstić information content (AvgIpc) is 3.14. The highest BCUT2D eigenvalue weighted by atomic mass is 35.5. The number of carbonyl (C=O) groups is 1. The second-order valence-electron chi connectivity index (χ2n) is 8.81. The summed E-state index contributed by atoms with van der Waals surface area (Å²) >= 11 is 7.34. The third-order valence-corrected chi connectivity index (χ3v) is 6.65. The number of rotatable bonds is 9. The van der Waals surface area contributed by atoms with Gasteiger partial charge >= 0.3 is 0 Å². The van der Waals surface area contributed by atoms with E-state index in [1.807, 2.05) is 37.3 Å². The average molecular weight is 539 g/mol. The number of ether oxygens (including phenoxy) is 2. The number of aliphatic imine (C=N–C) groups is 1. The Balaban J connectivity index is 1.59. The topological polar surface area (TPSA) is 51.1 Å². The van der Waals surface area contributed by atoms with Gasteiger partial charge in [0.2, 0.25) is 0 Å². The van der Waals surface area contributed by atoms with Crippen molar-refractivity contribution in [3.05, 3.63) is 93.6 Å². The van der Waals surface area contributed by atoms with Crippen LogP contribution in [0.25, 0.3) is 6.08 Å². The molecule has 0 atom stereocenters. The van der Waals surface area contributed by atoms with E-state index < -0.39 is 0 Å². The van der Waals surface area contributed by atoms with Crippen LogP contribution in [0.3, 0.4) is 0 Å². The number of carbonyl (C=O) groups excluding carboxylic acids is 1. The van der Waals surface area contributed by atoms with E-state index in [0.29, 0.717) is 45.3 Å². The predicted molar refractivity (Wildman–Crippen MR) is 149 cm³/mol. The van der Waals surface area contributed by atoms with E-state index in [-0.39, 0.29) is 24.2 Å². The number of halogens is 2. The van der Waals surface area contributed by atoms with Gasteiger partial charge in [0.05, 0.1) is 17.2 Å². The van der Waals surface area contributed by atoms with Crippen molar-refractivity contribution in [2.45, 2.75) is 27.4 Å². The predicted octanol–water partition coefficient (Wildman–Crippen LogP) is 7.72. The maximum Gasteiger partial charge on any atom is 0.266 e. The van der Waals surface area contributed by atoms with Gasteiger partial charge in [-0.25, -0.2) is 9.38 Å². The number of hydrogen-bond donors (Lipinski definition) is 0. The van der Waals surface area contributed by atoms with Crippen molar-refractivity contribution in [3.8, 4) is 11.5 Å². The Morgan fingerprint density at radius 1 is 1.05 bits per heavy atom. The third-order valence-electron chi connectivity index (χ3n) is 5.39. The molecule has 4 rings (SSSR count). The van der Waals surface area contributed by atoms with Gasteiger partial charge in [0.25, 0.3) is 5.91 Å². The fraction of sp³-hybridized carbons (Fsp3) is 0.241. The zero-order valence-corrected chi connectivity index (χ0v) is 22.5. The number of thioether (sulfide) groups is 1. The highest BCUT2D eigenvalue weighted by Crippen LogP contribution is 2.36. The normalized spacial score (nSPS) is 15.7. The van der Waals surface area contributed by atoms with Crippen LogP contribution >= 0.6 is 23.4 Å². The van der Waals surface area contributed by atoms with Crippen molar-refractivity contribution < 1.29 is 18.7 Å². The summed E-state index contributed by atoms with van der Waals surface area (Å²) in [5.74, 6) is 0.890. The molecule has 0 aliphatic carbocycles. The van der Waals surface area contributed by atoms with Crippen molar-refractivity contribution >= 4 is 46.2 Å². The van der Waals surface area contributed by atoms with Gasteiger partial charge in [0, 0.05) is 17.1 Å². The van der Waals surface area contributed by atoms with E-state index in [4.69, 9.17) is 26.1 Å². The standard InChI is InChI=1S/C29H28ClFN2O3S/c1-4-35-26-15-20(9-14-25(26)36-18-21-7-5-6-8-24(21)31)16-27-28(34)33(17-19(2)3)29(37-27)32-23-12-10-22(30)11-13-23/h5-16,19H,4,17-18H2,1-3H3/b27-16-,32-29?. The van der Waals surface area contributed by atoms with Crippen LogP contribution in [0, 0.1) is 11.7 Å². The minimum absolute atomic E-state index is 0.0796. The second-order valence-corrected chi connectivity index (χ2v) is 10.3. The number of hydrogen-bond acceptors (Lipinski definition) is 5. The lowest BCUT2D eigenvalue weighted by atomic mass is 10.1. The van der Waals surface area contributed by atoms with Crippen LogP contribution < -0.4 is 9.47 Å². The lowest BCUT2D eigenvalue weighted by Gasteiger charge is -2.17. The van der Waals surface area contributed by atoms with Crippen molar-refractivity contribution in [1.82, 2.24) is 4.90 Å². The highest BCUT2D eigenvalue weighted by Gasteiger charge is 2.33. The van der Waals surface area contributed by atoms with Crippen LogP contribution in [-0.2, 0) is 11.4 Å². The molecule has 1 aliphatic heterocycles. The maximum atomic E-state index is 14.0. The van der Waals surface area contributed by atoms with Gasteiger partial charge in [-0.1, -0.05) is 49.7 Å². The molecule has 3 aromatic carbocycles. The molecule has 3 aromatic rings. The SMILES string of the molecule is CCOc1cc(/C=C2\SC(=Nc3ccc(Cl)cc3)N(CC(C)C)C2=O)ccc1OCc1ccccc1F. The Kier molecular flexibility index (Phi) is 8.90. The molecule has 0 unspecified atom stereocenters. The van der Waals surface area contributed by atoms with Crippen LogP contribution in [0.2, 0.25) is 5.02 Å². The Morgan fingerprint density at radius 3 is 2.51 bits per heavy atom. The molecule has 0 aromatic heterocycles. The zero-order chi connectivity index (χ0) is 26.4. The van der Waals surface area contributed by atoms with Crippen LogP contribution in [0.4, 0.5) is 10.1 Å². The molecule has 192 valence electrons. The number of amidine groups is 1. The van der Waals surface area contributed by atoms with Gasteiger partial charge < -0.3 is 9.47 Å². The van der Waals surface area contributed by atoms with E-state index >= 15 is 0 Å². The molecule has 0 spiro atoms. The van der Waals surface area contributed by atoms with E-state index in [0.717, 1.165) is 11.3 Å². The van der Waals surface area contributed by atoms with Gasteiger partial charge in [-0.2, -0.15) is 0 Å². The van der Waals surface area contributed by atoms with Crippen molar-refractivity contribution in [3.63, 3.8) is 0 Å². The molecular formula is C29H28ClFN2O3S. The molecule has 0 saturated carbocycles. The molecule has 1 fully saturated rings. The summed E-state index contributed by atoms with van der Waals surface area (Å²) in [5.41, 5.74) is 1.97. The molecule has 5 nitrogen and oxygen atoms in total. The first-order chi connectivity index (χ1) is 17.8. The Labute approximate surface area is 226 Å². The summed E-state index contributed by atoms with van der Waals surface area (Å²) in [6, 6.07) is 19.1. The summed E-state index contributed by atoms with van der Waals surface area (Å²) < 4.78 is 25.6. The van der Waals surface area contributed by atoms with Gasteiger partial charge in [-0.05, 0) is 78.7 Å². The molecule has 1 saturated heterocycles. The first-order valence-corrected chi connectivity index (χ1v) is 13.2. The molecule has 0 N–H and O–H groups in total. The number of amides is 1. The molecular weight excluding hydrogens is 511 g/mol. The zero-order valence-electron chi connectivity index (χ0n) is 20.9. The van der Waals surface area contributed by atoms with Crippen LogP contribution in [-0.4, -0.2) is 29.1 Å².